The van der Waals surface area contributed by atoms with E-state index in [9.17, 15) is 0 Å². The summed E-state index contributed by atoms with van der Waals surface area (Å²) in [6.07, 6.45) is -1.92. The Labute approximate surface area is 129 Å². The number of nitrogens with two attached hydrogens (primary N) is 1. The summed E-state index contributed by atoms with van der Waals surface area (Å²) in [7, 11) is 0. The molecule has 0 amide bonds. The lowest BCUT2D eigenvalue weighted by atomic mass is 10.0. The Kier molecular flexibility index (Phi) is 3.48. The molecule has 3 heterocycles. The van der Waals surface area contributed by atoms with Crippen molar-refractivity contribution < 1.29 is 23.7 Å². The molecule has 3 saturated heterocycles. The maximum absolute atomic E-state index is 6.13. The number of hydrogen-bond acceptors (Lipinski definition) is 6. The Morgan fingerprint density at radius 2 is 1.73 bits per heavy atom. The van der Waals surface area contributed by atoms with Crippen LogP contribution in [0, 0.1) is 0 Å². The van der Waals surface area contributed by atoms with E-state index in [1.807, 2.05) is 44.2 Å². The Balaban J connectivity index is 1.59. The predicted octanol–water partition coefficient (Wildman–Crippen LogP) is 1.30. The zero-order chi connectivity index (χ0) is 15.3. The van der Waals surface area contributed by atoms with Crippen LogP contribution in [0.5, 0.6) is 0 Å². The molecule has 120 valence electrons. The Hall–Kier alpha value is -1.02. The highest BCUT2D eigenvalue weighted by molar-refractivity contribution is 5.17. The second-order valence-electron chi connectivity index (χ2n) is 6.32. The van der Waals surface area contributed by atoms with Crippen molar-refractivity contribution in [1.82, 2.24) is 0 Å². The van der Waals surface area contributed by atoms with Crippen LogP contribution in [0.4, 0.5) is 0 Å². The fourth-order valence-electron chi connectivity index (χ4n) is 3.33. The highest BCUT2D eigenvalue weighted by atomic mass is 16.9. The lowest BCUT2D eigenvalue weighted by Crippen LogP contribution is -2.52. The summed E-state index contributed by atoms with van der Waals surface area (Å²) < 4.78 is 29.8. The highest BCUT2D eigenvalue weighted by Gasteiger charge is 2.59. The normalized spacial score (nSPS) is 42.9. The Morgan fingerprint density at radius 3 is 2.45 bits per heavy atom. The van der Waals surface area contributed by atoms with Crippen molar-refractivity contribution in [3.8, 4) is 0 Å². The van der Waals surface area contributed by atoms with Gasteiger partial charge in [-0.25, -0.2) is 0 Å². The molecule has 0 aliphatic carbocycles. The molecule has 1 aromatic rings. The molecule has 0 unspecified atom stereocenters. The lowest BCUT2D eigenvalue weighted by molar-refractivity contribution is -0.307. The summed E-state index contributed by atoms with van der Waals surface area (Å²) >= 11 is 0. The van der Waals surface area contributed by atoms with Gasteiger partial charge in [0.25, 0.3) is 0 Å². The van der Waals surface area contributed by atoms with Crippen LogP contribution in [0.15, 0.2) is 30.3 Å². The third kappa shape index (κ3) is 2.36. The van der Waals surface area contributed by atoms with Crippen molar-refractivity contribution in [1.29, 1.82) is 0 Å². The van der Waals surface area contributed by atoms with Crippen molar-refractivity contribution in [2.24, 2.45) is 5.73 Å². The molecule has 6 nitrogen and oxygen atoms in total. The van der Waals surface area contributed by atoms with Crippen LogP contribution in [-0.2, 0) is 23.7 Å². The standard InChI is InChI=1S/C16H21NO5/c1-16(2)21-13-12-11(19-15(13)22-16)10(8-17)18-14(20-12)9-6-4-3-5-7-9/h3-7,10-15H,8,17H2,1-2H3/t10-,11+,12+,13-,14-,15+/m0/s1. The van der Waals surface area contributed by atoms with E-state index in [1.54, 1.807) is 0 Å². The quantitative estimate of drug-likeness (QED) is 0.888. The molecule has 4 rings (SSSR count). The van der Waals surface area contributed by atoms with E-state index >= 15 is 0 Å². The van der Waals surface area contributed by atoms with Gasteiger partial charge in [-0.05, 0) is 13.8 Å². The van der Waals surface area contributed by atoms with Crippen molar-refractivity contribution >= 4 is 0 Å². The summed E-state index contributed by atoms with van der Waals surface area (Å²) in [5, 5.41) is 0. The lowest BCUT2D eigenvalue weighted by Gasteiger charge is -2.39. The van der Waals surface area contributed by atoms with E-state index in [4.69, 9.17) is 29.4 Å². The smallest absolute Gasteiger partial charge is 0.190 e. The first-order valence-corrected chi connectivity index (χ1v) is 7.64. The van der Waals surface area contributed by atoms with Crippen molar-refractivity contribution in [3.05, 3.63) is 35.9 Å². The van der Waals surface area contributed by atoms with Crippen LogP contribution in [0.2, 0.25) is 0 Å². The van der Waals surface area contributed by atoms with Crippen molar-refractivity contribution in [2.75, 3.05) is 6.54 Å². The van der Waals surface area contributed by atoms with Crippen molar-refractivity contribution in [3.63, 3.8) is 0 Å². The maximum Gasteiger partial charge on any atom is 0.190 e. The van der Waals surface area contributed by atoms with Gasteiger partial charge in [0, 0.05) is 12.1 Å². The molecular weight excluding hydrogens is 286 g/mol. The monoisotopic (exact) mass is 307 g/mol. The van der Waals surface area contributed by atoms with Gasteiger partial charge in [-0.3, -0.25) is 0 Å². The molecule has 0 radical (unpaired) electrons. The van der Waals surface area contributed by atoms with E-state index in [1.165, 1.54) is 0 Å². The summed E-state index contributed by atoms with van der Waals surface area (Å²) in [6.45, 7) is 4.10. The molecule has 6 heteroatoms. The number of rotatable bonds is 2. The number of ether oxygens (including phenoxy) is 5. The molecule has 0 bridgehead atoms. The van der Waals surface area contributed by atoms with Gasteiger partial charge in [0.1, 0.15) is 24.4 Å². The van der Waals surface area contributed by atoms with Gasteiger partial charge in [0.15, 0.2) is 18.4 Å². The maximum atomic E-state index is 6.13. The molecule has 2 N–H and O–H groups in total. The van der Waals surface area contributed by atoms with Gasteiger partial charge >= 0.3 is 0 Å². The minimum absolute atomic E-state index is 0.245. The zero-order valence-electron chi connectivity index (χ0n) is 12.7. The van der Waals surface area contributed by atoms with E-state index < -0.39 is 18.4 Å². The van der Waals surface area contributed by atoms with Gasteiger partial charge < -0.3 is 29.4 Å². The third-order valence-electron chi connectivity index (χ3n) is 4.28. The average molecular weight is 307 g/mol. The van der Waals surface area contributed by atoms with E-state index in [2.05, 4.69) is 0 Å². The Bertz CT molecular complexity index is 537. The molecule has 0 aromatic heterocycles. The number of benzene rings is 1. The summed E-state index contributed by atoms with van der Waals surface area (Å²) in [6, 6.07) is 9.82. The van der Waals surface area contributed by atoms with E-state index in [-0.39, 0.29) is 24.4 Å². The molecule has 6 atom stereocenters. The third-order valence-corrected chi connectivity index (χ3v) is 4.28. The molecule has 3 aliphatic rings. The molecule has 3 aliphatic heterocycles. The zero-order valence-corrected chi connectivity index (χ0v) is 12.7. The van der Waals surface area contributed by atoms with Crippen LogP contribution in [-0.4, -0.2) is 43.0 Å². The van der Waals surface area contributed by atoms with Crippen LogP contribution in [0.1, 0.15) is 25.7 Å². The Morgan fingerprint density at radius 1 is 0.955 bits per heavy atom. The molecule has 3 fully saturated rings. The average Bonchev–Trinajstić information content (AvgIpc) is 2.99. The topological polar surface area (TPSA) is 72.2 Å². The summed E-state index contributed by atoms with van der Waals surface area (Å²) in [5.74, 6) is -0.664. The minimum Gasteiger partial charge on any atom is -0.341 e. The van der Waals surface area contributed by atoms with Crippen molar-refractivity contribution in [2.45, 2.75) is 56.6 Å². The summed E-state index contributed by atoms with van der Waals surface area (Å²) in [5.41, 5.74) is 6.82. The van der Waals surface area contributed by atoms with Crippen LogP contribution in [0.25, 0.3) is 0 Å². The van der Waals surface area contributed by atoms with Crippen LogP contribution in [0.3, 0.4) is 0 Å². The van der Waals surface area contributed by atoms with Gasteiger partial charge in [-0.15, -0.1) is 0 Å². The van der Waals surface area contributed by atoms with E-state index in [0.29, 0.717) is 6.54 Å². The highest BCUT2D eigenvalue weighted by Crippen LogP contribution is 2.44. The van der Waals surface area contributed by atoms with Crippen LogP contribution >= 0.6 is 0 Å². The fraction of sp³-hybridized carbons (Fsp3) is 0.625. The molecule has 22 heavy (non-hydrogen) atoms. The first kappa shape index (κ1) is 14.6. The second-order valence-corrected chi connectivity index (χ2v) is 6.32. The van der Waals surface area contributed by atoms with E-state index in [0.717, 1.165) is 5.56 Å². The fourth-order valence-corrected chi connectivity index (χ4v) is 3.33. The summed E-state index contributed by atoms with van der Waals surface area (Å²) in [4.78, 5) is 0. The minimum atomic E-state index is -0.664. The van der Waals surface area contributed by atoms with Crippen LogP contribution < -0.4 is 5.73 Å². The first-order valence-electron chi connectivity index (χ1n) is 7.64. The van der Waals surface area contributed by atoms with Gasteiger partial charge in [-0.1, -0.05) is 30.3 Å². The van der Waals surface area contributed by atoms with Gasteiger partial charge in [0.05, 0.1) is 0 Å². The second kappa shape index (κ2) is 5.26. The number of hydrogen-bond donors (Lipinski definition) is 1. The predicted molar refractivity (Wildman–Crippen MR) is 76.7 cm³/mol. The number of fused-ring (bicyclic) bond motifs is 3. The SMILES string of the molecule is CC1(C)O[C@H]2O[C@H]3[C@@H](O[C@@H](c4ccccc4)O[C@H]3CN)[C@@H]2O1. The first-order chi connectivity index (χ1) is 10.6. The van der Waals surface area contributed by atoms with Gasteiger partial charge in [0.2, 0.25) is 0 Å². The molecular formula is C16H21NO5. The molecule has 0 spiro atoms. The molecule has 0 saturated carbocycles. The van der Waals surface area contributed by atoms with Gasteiger partial charge in [-0.2, -0.15) is 0 Å². The molecule has 1 aromatic carbocycles. The largest absolute Gasteiger partial charge is 0.341 e.